The van der Waals surface area contributed by atoms with Crippen LogP contribution in [0.3, 0.4) is 0 Å². The lowest BCUT2D eigenvalue weighted by Crippen LogP contribution is -2.20. The number of carbonyl (C=O) groups excluding carboxylic acids is 1. The molecule has 0 aliphatic heterocycles. The van der Waals surface area contributed by atoms with Crippen LogP contribution < -0.4 is 10.1 Å². The molecule has 0 aliphatic carbocycles. The van der Waals surface area contributed by atoms with Crippen molar-refractivity contribution in [3.05, 3.63) is 52.5 Å². The summed E-state index contributed by atoms with van der Waals surface area (Å²) in [6.07, 6.45) is 0. The van der Waals surface area contributed by atoms with Crippen molar-refractivity contribution in [1.82, 2.24) is 4.98 Å². The first-order valence-corrected chi connectivity index (χ1v) is 8.27. The SMILES string of the molecule is Cc1ccc(Cl)c(OCC(=O)Nc2nc3ccc(C)cc3s2)c1. The molecule has 4 nitrogen and oxygen atoms in total. The third-order valence-electron chi connectivity index (χ3n) is 3.24. The number of aryl methyl sites for hydroxylation is 2. The van der Waals surface area contributed by atoms with E-state index < -0.39 is 0 Å². The van der Waals surface area contributed by atoms with Gasteiger partial charge in [-0.2, -0.15) is 0 Å². The van der Waals surface area contributed by atoms with Gasteiger partial charge >= 0.3 is 0 Å². The normalized spacial score (nSPS) is 10.7. The molecule has 2 aromatic carbocycles. The first-order valence-electron chi connectivity index (χ1n) is 7.07. The fourth-order valence-electron chi connectivity index (χ4n) is 2.11. The van der Waals surface area contributed by atoms with Crippen molar-refractivity contribution in [3.8, 4) is 5.75 Å². The molecule has 0 saturated heterocycles. The van der Waals surface area contributed by atoms with Gasteiger partial charge in [0.15, 0.2) is 11.7 Å². The predicted octanol–water partition coefficient (Wildman–Crippen LogP) is 4.58. The van der Waals surface area contributed by atoms with Gasteiger partial charge in [-0.25, -0.2) is 4.98 Å². The first-order chi connectivity index (χ1) is 11.0. The van der Waals surface area contributed by atoms with E-state index in [4.69, 9.17) is 16.3 Å². The highest BCUT2D eigenvalue weighted by Gasteiger charge is 2.10. The molecule has 0 bridgehead atoms. The van der Waals surface area contributed by atoms with Crippen molar-refractivity contribution in [1.29, 1.82) is 0 Å². The molecule has 0 spiro atoms. The van der Waals surface area contributed by atoms with E-state index in [1.807, 2.05) is 38.1 Å². The summed E-state index contributed by atoms with van der Waals surface area (Å²) in [5.74, 6) is 0.236. The van der Waals surface area contributed by atoms with Crippen molar-refractivity contribution in [2.45, 2.75) is 13.8 Å². The minimum absolute atomic E-state index is 0.113. The number of rotatable bonds is 4. The van der Waals surface area contributed by atoms with Crippen molar-refractivity contribution >= 4 is 44.2 Å². The minimum Gasteiger partial charge on any atom is -0.482 e. The third kappa shape index (κ3) is 3.81. The van der Waals surface area contributed by atoms with Crippen LogP contribution in [0.4, 0.5) is 5.13 Å². The van der Waals surface area contributed by atoms with Gasteiger partial charge in [0.1, 0.15) is 5.75 Å². The molecule has 1 N–H and O–H groups in total. The molecular weight excluding hydrogens is 332 g/mol. The zero-order valence-corrected chi connectivity index (χ0v) is 14.3. The predicted molar refractivity (Wildman–Crippen MR) is 94.7 cm³/mol. The zero-order chi connectivity index (χ0) is 16.4. The topological polar surface area (TPSA) is 51.2 Å². The Morgan fingerprint density at radius 3 is 2.78 bits per heavy atom. The summed E-state index contributed by atoms with van der Waals surface area (Å²) in [6, 6.07) is 11.4. The minimum atomic E-state index is -0.265. The van der Waals surface area contributed by atoms with Gasteiger partial charge in [0.25, 0.3) is 5.91 Å². The number of anilines is 1. The smallest absolute Gasteiger partial charge is 0.264 e. The average molecular weight is 347 g/mol. The van der Waals surface area contributed by atoms with E-state index in [0.29, 0.717) is 15.9 Å². The highest BCUT2D eigenvalue weighted by molar-refractivity contribution is 7.22. The Kier molecular flexibility index (Phi) is 4.50. The van der Waals surface area contributed by atoms with Crippen LogP contribution in [-0.2, 0) is 4.79 Å². The maximum absolute atomic E-state index is 12.0. The Balaban J connectivity index is 1.65. The molecule has 1 heterocycles. The number of amides is 1. The number of aromatic nitrogens is 1. The van der Waals surface area contributed by atoms with E-state index in [0.717, 1.165) is 21.3 Å². The zero-order valence-electron chi connectivity index (χ0n) is 12.7. The Hall–Kier alpha value is -2.11. The highest BCUT2D eigenvalue weighted by atomic mass is 35.5. The van der Waals surface area contributed by atoms with E-state index in [2.05, 4.69) is 10.3 Å². The number of halogens is 1. The molecule has 1 amide bonds. The highest BCUT2D eigenvalue weighted by Crippen LogP contribution is 2.27. The van der Waals surface area contributed by atoms with Crippen LogP contribution in [0.5, 0.6) is 5.75 Å². The number of hydrogen-bond acceptors (Lipinski definition) is 4. The van der Waals surface area contributed by atoms with Gasteiger partial charge in [0.05, 0.1) is 15.2 Å². The fraction of sp³-hybridized carbons (Fsp3) is 0.176. The average Bonchev–Trinajstić information content (AvgIpc) is 2.89. The summed E-state index contributed by atoms with van der Waals surface area (Å²) >= 11 is 7.48. The van der Waals surface area contributed by atoms with Crippen LogP contribution in [0, 0.1) is 13.8 Å². The number of hydrogen-bond donors (Lipinski definition) is 1. The maximum atomic E-state index is 12.0. The summed E-state index contributed by atoms with van der Waals surface area (Å²) in [4.78, 5) is 16.4. The second-order valence-electron chi connectivity index (χ2n) is 5.26. The lowest BCUT2D eigenvalue weighted by Gasteiger charge is -2.08. The standard InChI is InChI=1S/C17H15ClN2O2S/c1-10-3-5-12(18)14(7-10)22-9-16(21)20-17-19-13-6-4-11(2)8-15(13)23-17/h3-8H,9H2,1-2H3,(H,19,20,21). The molecule has 0 aliphatic rings. The van der Waals surface area contributed by atoms with E-state index in [1.54, 1.807) is 12.1 Å². The molecule has 118 valence electrons. The molecule has 0 fully saturated rings. The Labute approximate surface area is 143 Å². The number of fused-ring (bicyclic) bond motifs is 1. The van der Waals surface area contributed by atoms with Gasteiger partial charge in [0, 0.05) is 0 Å². The second-order valence-corrected chi connectivity index (χ2v) is 6.70. The number of nitrogens with one attached hydrogen (secondary N) is 1. The summed E-state index contributed by atoms with van der Waals surface area (Å²) in [6.45, 7) is 3.85. The van der Waals surface area contributed by atoms with Crippen LogP contribution in [0.15, 0.2) is 36.4 Å². The van der Waals surface area contributed by atoms with Crippen LogP contribution in [-0.4, -0.2) is 17.5 Å². The number of thiazole rings is 1. The van der Waals surface area contributed by atoms with Crippen molar-refractivity contribution < 1.29 is 9.53 Å². The van der Waals surface area contributed by atoms with Gasteiger partial charge in [0.2, 0.25) is 0 Å². The fourth-order valence-corrected chi connectivity index (χ4v) is 3.26. The molecule has 3 rings (SSSR count). The van der Waals surface area contributed by atoms with Crippen LogP contribution in [0.1, 0.15) is 11.1 Å². The molecule has 23 heavy (non-hydrogen) atoms. The number of nitrogens with zero attached hydrogens (tertiary/aromatic N) is 1. The van der Waals surface area contributed by atoms with E-state index in [1.165, 1.54) is 11.3 Å². The van der Waals surface area contributed by atoms with Crippen LogP contribution in [0.25, 0.3) is 10.2 Å². The lowest BCUT2D eigenvalue weighted by molar-refractivity contribution is -0.118. The van der Waals surface area contributed by atoms with E-state index in [9.17, 15) is 4.79 Å². The summed E-state index contributed by atoms with van der Waals surface area (Å²) in [5, 5.41) is 3.80. The second kappa shape index (κ2) is 6.56. The molecule has 0 atom stereocenters. The molecular formula is C17H15ClN2O2S. The van der Waals surface area contributed by atoms with Gasteiger partial charge in [-0.15, -0.1) is 0 Å². The first kappa shape index (κ1) is 15.8. The lowest BCUT2D eigenvalue weighted by atomic mass is 10.2. The molecule has 0 unspecified atom stereocenters. The van der Waals surface area contributed by atoms with Gasteiger partial charge in [-0.05, 0) is 49.2 Å². The van der Waals surface area contributed by atoms with Crippen LogP contribution in [0.2, 0.25) is 5.02 Å². The summed E-state index contributed by atoms with van der Waals surface area (Å²) in [7, 11) is 0. The van der Waals surface area contributed by atoms with Crippen molar-refractivity contribution in [3.63, 3.8) is 0 Å². The van der Waals surface area contributed by atoms with Crippen LogP contribution >= 0.6 is 22.9 Å². The molecule has 1 aromatic heterocycles. The largest absolute Gasteiger partial charge is 0.482 e. The quantitative estimate of drug-likeness (QED) is 0.752. The van der Waals surface area contributed by atoms with E-state index >= 15 is 0 Å². The monoisotopic (exact) mass is 346 g/mol. The summed E-state index contributed by atoms with van der Waals surface area (Å²) in [5.41, 5.74) is 3.06. The van der Waals surface area contributed by atoms with Gasteiger partial charge in [-0.3, -0.25) is 10.1 Å². The molecule has 0 saturated carbocycles. The van der Waals surface area contributed by atoms with Crippen molar-refractivity contribution in [2.75, 3.05) is 11.9 Å². The number of carbonyl (C=O) groups is 1. The molecule has 6 heteroatoms. The third-order valence-corrected chi connectivity index (χ3v) is 4.48. The number of benzene rings is 2. The number of ether oxygens (including phenoxy) is 1. The van der Waals surface area contributed by atoms with Gasteiger partial charge < -0.3 is 4.74 Å². The Morgan fingerprint density at radius 2 is 1.96 bits per heavy atom. The van der Waals surface area contributed by atoms with Crippen molar-refractivity contribution in [2.24, 2.45) is 0 Å². The Bertz CT molecular complexity index is 876. The Morgan fingerprint density at radius 1 is 1.22 bits per heavy atom. The molecule has 3 aromatic rings. The molecule has 0 radical (unpaired) electrons. The maximum Gasteiger partial charge on any atom is 0.264 e. The van der Waals surface area contributed by atoms with Gasteiger partial charge in [-0.1, -0.05) is 35.1 Å². The summed E-state index contributed by atoms with van der Waals surface area (Å²) < 4.78 is 6.52. The van der Waals surface area contributed by atoms with E-state index in [-0.39, 0.29) is 12.5 Å².